The first kappa shape index (κ1) is 16.9. The summed E-state index contributed by atoms with van der Waals surface area (Å²) in [6, 6.07) is 1.00. The van der Waals surface area contributed by atoms with Gasteiger partial charge in [0.1, 0.15) is 12.1 Å². The molecule has 1 N–H and O–H groups in total. The molecule has 1 amide bonds. The molecule has 0 bridgehead atoms. The van der Waals surface area contributed by atoms with Gasteiger partial charge in [0.25, 0.3) is 0 Å². The minimum atomic E-state index is -0.715. The fraction of sp³-hybridized carbons (Fsp3) is 0.545. The minimum absolute atomic E-state index is 0.226. The lowest BCUT2D eigenvalue weighted by Gasteiger charge is -2.15. The number of nitrogens with zero attached hydrogens (tertiary/aromatic N) is 1. The van der Waals surface area contributed by atoms with Crippen molar-refractivity contribution in [2.24, 2.45) is 0 Å². The van der Waals surface area contributed by atoms with Crippen molar-refractivity contribution in [2.45, 2.75) is 18.9 Å². The fourth-order valence-electron chi connectivity index (χ4n) is 1.01. The summed E-state index contributed by atoms with van der Waals surface area (Å²) in [5, 5.41) is 10.9. The van der Waals surface area contributed by atoms with Crippen LogP contribution in [0.5, 0.6) is 0 Å². The number of rotatable bonds is 9. The Morgan fingerprint density at radius 1 is 1.61 bits per heavy atom. The van der Waals surface area contributed by atoms with Crippen LogP contribution >= 0.6 is 21.6 Å². The number of carbonyl (C=O) groups is 2. The van der Waals surface area contributed by atoms with E-state index in [9.17, 15) is 9.59 Å². The zero-order valence-electron chi connectivity index (χ0n) is 10.2. The van der Waals surface area contributed by atoms with Crippen molar-refractivity contribution in [3.8, 4) is 6.07 Å². The van der Waals surface area contributed by atoms with E-state index in [1.54, 1.807) is 12.1 Å². The van der Waals surface area contributed by atoms with Crippen LogP contribution in [-0.4, -0.2) is 36.5 Å². The van der Waals surface area contributed by atoms with Crippen LogP contribution in [0.4, 0.5) is 0 Å². The molecule has 7 heteroatoms. The molecule has 0 aromatic heterocycles. The monoisotopic (exact) mass is 288 g/mol. The number of nitrogens with one attached hydrogen (secondary N) is 1. The highest BCUT2D eigenvalue weighted by Gasteiger charge is 2.21. The number of nitriles is 1. The van der Waals surface area contributed by atoms with Crippen LogP contribution in [-0.2, 0) is 14.3 Å². The molecule has 0 fully saturated rings. The van der Waals surface area contributed by atoms with Crippen molar-refractivity contribution < 1.29 is 14.3 Å². The van der Waals surface area contributed by atoms with Gasteiger partial charge in [0.15, 0.2) is 6.61 Å². The largest absolute Gasteiger partial charge is 0.449 e. The van der Waals surface area contributed by atoms with Crippen molar-refractivity contribution in [3.05, 3.63) is 12.7 Å². The lowest BCUT2D eigenvalue weighted by Crippen LogP contribution is -2.43. The van der Waals surface area contributed by atoms with Gasteiger partial charge in [-0.15, -0.1) is 6.58 Å². The molecule has 0 aromatic carbocycles. The Bertz CT molecular complexity index is 329. The number of esters is 1. The van der Waals surface area contributed by atoms with Crippen LogP contribution in [0.15, 0.2) is 12.7 Å². The van der Waals surface area contributed by atoms with Crippen molar-refractivity contribution in [1.82, 2.24) is 5.32 Å². The van der Waals surface area contributed by atoms with E-state index in [4.69, 9.17) is 10.00 Å². The molecule has 0 saturated heterocycles. The first-order valence-corrected chi connectivity index (χ1v) is 7.97. The summed E-state index contributed by atoms with van der Waals surface area (Å²) in [7, 11) is 2.93. The first-order valence-electron chi connectivity index (χ1n) is 5.25. The SMILES string of the molecule is C=CCCC(=O)N[C@@H](CSSC)C(=O)OCC#N. The molecule has 5 nitrogen and oxygen atoms in total. The lowest BCUT2D eigenvalue weighted by atomic mass is 10.2. The number of hydrogen-bond donors (Lipinski definition) is 1. The van der Waals surface area contributed by atoms with E-state index in [0.29, 0.717) is 12.2 Å². The average molecular weight is 288 g/mol. The summed E-state index contributed by atoms with van der Waals surface area (Å²) >= 11 is 0. The Labute approximate surface area is 115 Å². The van der Waals surface area contributed by atoms with Crippen molar-refractivity contribution in [3.63, 3.8) is 0 Å². The Kier molecular flexibility index (Phi) is 10.3. The van der Waals surface area contributed by atoms with Crippen LogP contribution in [0.1, 0.15) is 12.8 Å². The molecule has 0 rings (SSSR count). The predicted molar refractivity (Wildman–Crippen MR) is 73.9 cm³/mol. The van der Waals surface area contributed by atoms with Gasteiger partial charge < -0.3 is 10.1 Å². The van der Waals surface area contributed by atoms with Gasteiger partial charge in [-0.1, -0.05) is 27.7 Å². The summed E-state index contributed by atoms with van der Waals surface area (Å²) in [6.45, 7) is 3.22. The van der Waals surface area contributed by atoms with Gasteiger partial charge in [0, 0.05) is 12.2 Å². The van der Waals surface area contributed by atoms with E-state index in [-0.39, 0.29) is 18.9 Å². The smallest absolute Gasteiger partial charge is 0.330 e. The third-order valence-electron chi connectivity index (χ3n) is 1.83. The quantitative estimate of drug-likeness (QED) is 0.393. The standard InChI is InChI=1S/C11H16N2O3S2/c1-3-4-5-10(14)13-9(8-18-17-2)11(15)16-7-6-12/h3,9H,1,4-5,7-8H2,2H3,(H,13,14)/t9-/m0/s1. The zero-order valence-corrected chi connectivity index (χ0v) is 11.8. The molecular formula is C11H16N2O3S2. The van der Waals surface area contributed by atoms with Crippen LogP contribution in [0.2, 0.25) is 0 Å². The number of hydrogen-bond acceptors (Lipinski definition) is 6. The molecule has 100 valence electrons. The third kappa shape index (κ3) is 8.03. The van der Waals surface area contributed by atoms with E-state index in [0.717, 1.165) is 0 Å². The third-order valence-corrected chi connectivity index (χ3v) is 3.65. The lowest BCUT2D eigenvalue weighted by molar-refractivity contribution is -0.145. The molecule has 1 atom stereocenters. The van der Waals surface area contributed by atoms with Gasteiger partial charge in [-0.25, -0.2) is 4.79 Å². The summed E-state index contributed by atoms with van der Waals surface area (Å²) < 4.78 is 4.70. The normalized spacial score (nSPS) is 11.1. The molecule has 0 aliphatic carbocycles. The summed E-state index contributed by atoms with van der Waals surface area (Å²) in [4.78, 5) is 23.1. The summed E-state index contributed by atoms with van der Waals surface area (Å²) in [6.07, 6.45) is 4.36. The molecule has 18 heavy (non-hydrogen) atoms. The summed E-state index contributed by atoms with van der Waals surface area (Å²) in [5.41, 5.74) is 0. The maximum atomic E-state index is 11.6. The van der Waals surface area contributed by atoms with Crippen molar-refractivity contribution in [1.29, 1.82) is 5.26 Å². The predicted octanol–water partition coefficient (Wildman–Crippen LogP) is 1.52. The summed E-state index contributed by atoms with van der Waals surface area (Å²) in [5.74, 6) is -0.397. The van der Waals surface area contributed by atoms with Gasteiger partial charge in [0.05, 0.1) is 0 Å². The van der Waals surface area contributed by atoms with E-state index in [1.165, 1.54) is 21.6 Å². The van der Waals surface area contributed by atoms with Gasteiger partial charge in [-0.2, -0.15) is 5.26 Å². The molecule has 0 aliphatic rings. The van der Waals surface area contributed by atoms with E-state index < -0.39 is 12.0 Å². The molecule has 0 aliphatic heterocycles. The topological polar surface area (TPSA) is 79.2 Å². The maximum absolute atomic E-state index is 11.6. The van der Waals surface area contributed by atoms with Crippen LogP contribution in [0.25, 0.3) is 0 Å². The number of carbonyl (C=O) groups excluding carboxylic acids is 2. The van der Waals surface area contributed by atoms with Crippen LogP contribution in [0.3, 0.4) is 0 Å². The second-order valence-electron chi connectivity index (χ2n) is 3.16. The number of allylic oxidation sites excluding steroid dienone is 1. The fourth-order valence-corrected chi connectivity index (χ4v) is 2.32. The molecule has 0 unspecified atom stereocenters. The van der Waals surface area contributed by atoms with Gasteiger partial charge in [0.2, 0.25) is 5.91 Å². The van der Waals surface area contributed by atoms with Crippen LogP contribution in [0, 0.1) is 11.3 Å². The average Bonchev–Trinajstić information content (AvgIpc) is 2.38. The van der Waals surface area contributed by atoms with E-state index in [2.05, 4.69) is 11.9 Å². The highest BCUT2D eigenvalue weighted by atomic mass is 33.1. The van der Waals surface area contributed by atoms with Crippen molar-refractivity contribution in [2.75, 3.05) is 18.6 Å². The highest BCUT2D eigenvalue weighted by molar-refractivity contribution is 8.76. The first-order chi connectivity index (χ1) is 8.65. The Morgan fingerprint density at radius 2 is 2.33 bits per heavy atom. The maximum Gasteiger partial charge on any atom is 0.330 e. The second kappa shape index (κ2) is 11.0. The molecule has 0 saturated carbocycles. The molecule has 0 spiro atoms. The Hall–Kier alpha value is -1.13. The Morgan fingerprint density at radius 3 is 2.89 bits per heavy atom. The number of amides is 1. The highest BCUT2D eigenvalue weighted by Crippen LogP contribution is 2.18. The van der Waals surface area contributed by atoms with E-state index in [1.807, 2.05) is 6.26 Å². The molecule has 0 heterocycles. The van der Waals surface area contributed by atoms with E-state index >= 15 is 0 Å². The molecule has 0 aromatic rings. The molecule has 0 radical (unpaired) electrons. The Balaban J connectivity index is 4.29. The van der Waals surface area contributed by atoms with Gasteiger partial charge in [-0.3, -0.25) is 4.79 Å². The van der Waals surface area contributed by atoms with Gasteiger partial charge in [-0.05, 0) is 12.7 Å². The van der Waals surface area contributed by atoms with Crippen molar-refractivity contribution >= 4 is 33.5 Å². The minimum Gasteiger partial charge on any atom is -0.449 e. The van der Waals surface area contributed by atoms with Gasteiger partial charge >= 0.3 is 5.97 Å². The molecular weight excluding hydrogens is 272 g/mol. The number of ether oxygens (including phenoxy) is 1. The zero-order chi connectivity index (χ0) is 13.8. The van der Waals surface area contributed by atoms with Crippen LogP contribution < -0.4 is 5.32 Å². The second-order valence-corrected chi connectivity index (χ2v) is 5.77.